The highest BCUT2D eigenvalue weighted by Crippen LogP contribution is 2.15. The fraction of sp³-hybridized carbons (Fsp3) is 0.793. The first-order valence-corrected chi connectivity index (χ1v) is 14.4. The van der Waals surface area contributed by atoms with Crippen LogP contribution in [0, 0.1) is 0 Å². The summed E-state index contributed by atoms with van der Waals surface area (Å²) in [6.07, 6.45) is 21.1. The third-order valence-corrected chi connectivity index (χ3v) is 6.97. The molecular weight excluding hydrogens is 418 g/mol. The maximum Gasteiger partial charge on any atom is 0.108 e. The van der Waals surface area contributed by atoms with E-state index < -0.39 is 0 Å². The van der Waals surface area contributed by atoms with Crippen molar-refractivity contribution >= 4 is 0 Å². The topological polar surface area (TPSA) is 38.9 Å². The van der Waals surface area contributed by atoms with E-state index in [1.54, 1.807) is 0 Å². The Balaban J connectivity index is 1.79. The van der Waals surface area contributed by atoms with Crippen molar-refractivity contribution < 1.29 is 0 Å². The summed E-state index contributed by atoms with van der Waals surface area (Å²) in [5.74, 6) is 2.60. The highest BCUT2D eigenvalue weighted by Gasteiger charge is 2.11. The van der Waals surface area contributed by atoms with E-state index in [0.29, 0.717) is 0 Å². The first-order chi connectivity index (χ1) is 16.6. The molecule has 5 heteroatoms. The van der Waals surface area contributed by atoms with Crippen LogP contribution in [0.15, 0.2) is 12.4 Å². The Labute approximate surface area is 210 Å². The van der Waals surface area contributed by atoms with E-state index in [9.17, 15) is 0 Å². The second-order valence-corrected chi connectivity index (χ2v) is 10.1. The summed E-state index contributed by atoms with van der Waals surface area (Å²) in [6, 6.07) is 0. The standard InChI is InChI=1S/C29H53N5/c1-6-10-18-28-30-24-26(33(28)22-12-8-3)16-14-20-32(5)21-15-17-27-25-31-29(19-11-7-2)34(27)23-13-9-4/h24-25H,6-23H2,1-5H3. The lowest BCUT2D eigenvalue weighted by molar-refractivity contribution is 0.322. The molecule has 5 nitrogen and oxygen atoms in total. The van der Waals surface area contributed by atoms with Gasteiger partial charge in [0.2, 0.25) is 0 Å². The summed E-state index contributed by atoms with van der Waals surface area (Å²) in [5, 5.41) is 0. The number of aromatic nitrogens is 4. The fourth-order valence-electron chi connectivity index (χ4n) is 4.73. The average Bonchev–Trinajstić information content (AvgIpc) is 3.41. The van der Waals surface area contributed by atoms with Gasteiger partial charge in [-0.1, -0.05) is 53.4 Å². The molecule has 2 heterocycles. The van der Waals surface area contributed by atoms with Crippen LogP contribution in [0.5, 0.6) is 0 Å². The van der Waals surface area contributed by atoms with Gasteiger partial charge in [-0.3, -0.25) is 0 Å². The van der Waals surface area contributed by atoms with E-state index in [-0.39, 0.29) is 0 Å². The van der Waals surface area contributed by atoms with Crippen molar-refractivity contribution in [3.8, 4) is 0 Å². The van der Waals surface area contributed by atoms with Crippen LogP contribution in [0.4, 0.5) is 0 Å². The molecule has 0 aliphatic heterocycles. The number of hydrogen-bond acceptors (Lipinski definition) is 3. The second-order valence-electron chi connectivity index (χ2n) is 10.1. The molecule has 0 bridgehead atoms. The molecule has 2 aromatic rings. The predicted molar refractivity (Wildman–Crippen MR) is 146 cm³/mol. The van der Waals surface area contributed by atoms with Crippen molar-refractivity contribution in [2.45, 2.75) is 131 Å². The Hall–Kier alpha value is -1.62. The smallest absolute Gasteiger partial charge is 0.108 e. The molecule has 0 aliphatic rings. The van der Waals surface area contributed by atoms with Gasteiger partial charge in [0.1, 0.15) is 11.6 Å². The molecule has 0 spiro atoms. The Morgan fingerprint density at radius 3 is 1.38 bits per heavy atom. The van der Waals surface area contributed by atoms with Crippen molar-refractivity contribution in [3.05, 3.63) is 35.4 Å². The maximum atomic E-state index is 4.78. The van der Waals surface area contributed by atoms with E-state index in [2.05, 4.69) is 61.2 Å². The number of imidazole rings is 2. The van der Waals surface area contributed by atoms with Crippen LogP contribution in [0.25, 0.3) is 0 Å². The Morgan fingerprint density at radius 2 is 1.00 bits per heavy atom. The molecule has 0 atom stereocenters. The zero-order valence-corrected chi connectivity index (χ0v) is 23.1. The van der Waals surface area contributed by atoms with Gasteiger partial charge in [0.25, 0.3) is 0 Å². The molecule has 0 aliphatic carbocycles. The highest BCUT2D eigenvalue weighted by molar-refractivity contribution is 5.07. The molecule has 0 saturated heterocycles. The fourth-order valence-corrected chi connectivity index (χ4v) is 4.73. The van der Waals surface area contributed by atoms with Crippen molar-refractivity contribution in [2.24, 2.45) is 0 Å². The number of unbranched alkanes of at least 4 members (excludes halogenated alkanes) is 4. The molecule has 34 heavy (non-hydrogen) atoms. The third kappa shape index (κ3) is 9.56. The molecule has 0 aromatic carbocycles. The van der Waals surface area contributed by atoms with Gasteiger partial charge < -0.3 is 14.0 Å². The van der Waals surface area contributed by atoms with E-state index >= 15 is 0 Å². The third-order valence-electron chi connectivity index (χ3n) is 6.97. The summed E-state index contributed by atoms with van der Waals surface area (Å²) in [4.78, 5) is 12.1. The van der Waals surface area contributed by atoms with Crippen molar-refractivity contribution in [2.75, 3.05) is 20.1 Å². The molecule has 0 amide bonds. The van der Waals surface area contributed by atoms with Gasteiger partial charge in [-0.15, -0.1) is 0 Å². The first kappa shape index (κ1) is 28.6. The molecule has 194 valence electrons. The van der Waals surface area contributed by atoms with Gasteiger partial charge in [0.05, 0.1) is 0 Å². The predicted octanol–water partition coefficient (Wildman–Crippen LogP) is 6.86. The van der Waals surface area contributed by atoms with Gasteiger partial charge in [-0.25, -0.2) is 9.97 Å². The Kier molecular flexibility index (Phi) is 14.2. The van der Waals surface area contributed by atoms with Gasteiger partial charge in [-0.2, -0.15) is 0 Å². The lowest BCUT2D eigenvalue weighted by atomic mass is 10.2. The minimum atomic E-state index is 1.12. The lowest BCUT2D eigenvalue weighted by Gasteiger charge is -2.18. The van der Waals surface area contributed by atoms with Crippen LogP contribution in [-0.2, 0) is 38.8 Å². The Bertz CT molecular complexity index is 711. The molecule has 0 saturated carbocycles. The van der Waals surface area contributed by atoms with Crippen LogP contribution in [0.2, 0.25) is 0 Å². The van der Waals surface area contributed by atoms with Gasteiger partial charge >= 0.3 is 0 Å². The molecular formula is C29H53N5. The van der Waals surface area contributed by atoms with Crippen molar-refractivity contribution in [1.29, 1.82) is 0 Å². The lowest BCUT2D eigenvalue weighted by Crippen LogP contribution is -2.22. The van der Waals surface area contributed by atoms with Gasteiger partial charge in [0, 0.05) is 49.7 Å². The quantitative estimate of drug-likeness (QED) is 0.212. The van der Waals surface area contributed by atoms with Crippen LogP contribution in [0.1, 0.15) is 115 Å². The average molecular weight is 472 g/mol. The van der Waals surface area contributed by atoms with Gasteiger partial charge in [-0.05, 0) is 71.5 Å². The maximum absolute atomic E-state index is 4.78. The summed E-state index contributed by atoms with van der Waals surface area (Å²) in [6.45, 7) is 13.7. The van der Waals surface area contributed by atoms with E-state index in [1.807, 2.05) is 0 Å². The van der Waals surface area contributed by atoms with Crippen LogP contribution in [-0.4, -0.2) is 44.1 Å². The minimum Gasteiger partial charge on any atom is -0.332 e. The highest BCUT2D eigenvalue weighted by atomic mass is 15.1. The molecule has 0 unspecified atom stereocenters. The summed E-state index contributed by atoms with van der Waals surface area (Å²) in [7, 11) is 2.28. The zero-order valence-electron chi connectivity index (χ0n) is 23.1. The zero-order chi connectivity index (χ0) is 24.6. The summed E-state index contributed by atoms with van der Waals surface area (Å²) in [5.41, 5.74) is 2.87. The number of aryl methyl sites for hydroxylation is 4. The summed E-state index contributed by atoms with van der Waals surface area (Å²) >= 11 is 0. The molecule has 0 radical (unpaired) electrons. The van der Waals surface area contributed by atoms with Gasteiger partial charge in [0.15, 0.2) is 0 Å². The van der Waals surface area contributed by atoms with Crippen molar-refractivity contribution in [1.82, 2.24) is 24.0 Å². The molecule has 2 rings (SSSR count). The number of hydrogen-bond donors (Lipinski definition) is 0. The van der Waals surface area contributed by atoms with Crippen LogP contribution in [0.3, 0.4) is 0 Å². The summed E-state index contributed by atoms with van der Waals surface area (Å²) < 4.78 is 5.04. The monoisotopic (exact) mass is 471 g/mol. The molecule has 2 aromatic heterocycles. The largest absolute Gasteiger partial charge is 0.332 e. The normalized spacial score (nSPS) is 11.7. The SMILES string of the molecule is CCCCc1ncc(CCCN(C)CCCc2cnc(CCCC)n2CCCC)n1CCCC. The molecule has 0 fully saturated rings. The van der Waals surface area contributed by atoms with Crippen LogP contribution < -0.4 is 0 Å². The van der Waals surface area contributed by atoms with E-state index in [4.69, 9.17) is 9.97 Å². The Morgan fingerprint density at radius 1 is 0.588 bits per heavy atom. The first-order valence-electron chi connectivity index (χ1n) is 14.4. The van der Waals surface area contributed by atoms with Crippen LogP contribution >= 0.6 is 0 Å². The van der Waals surface area contributed by atoms with E-state index in [0.717, 1.165) is 51.9 Å². The molecule has 0 N–H and O–H groups in total. The van der Waals surface area contributed by atoms with E-state index in [1.165, 1.54) is 87.2 Å². The number of rotatable bonds is 20. The number of nitrogens with zero attached hydrogens (tertiary/aromatic N) is 5. The van der Waals surface area contributed by atoms with Crippen molar-refractivity contribution in [3.63, 3.8) is 0 Å². The minimum absolute atomic E-state index is 1.12. The second kappa shape index (κ2) is 16.9.